The van der Waals surface area contributed by atoms with Gasteiger partial charge in [0, 0.05) is 3.57 Å². The number of aliphatic hydroxyl groups excluding tert-OH is 1. The summed E-state index contributed by atoms with van der Waals surface area (Å²) in [6.45, 7) is 1.70. The van der Waals surface area contributed by atoms with E-state index in [0.29, 0.717) is 10.8 Å². The molecule has 0 fully saturated rings. The minimum Gasteiger partial charge on any atom is -0.456 e. The van der Waals surface area contributed by atoms with Gasteiger partial charge in [-0.2, -0.15) is 0 Å². The average Bonchev–Trinajstić information content (AvgIpc) is 2.34. The van der Waals surface area contributed by atoms with Gasteiger partial charge in [-0.05, 0) is 71.5 Å². The third-order valence-corrected chi connectivity index (χ3v) is 3.49. The number of halogens is 2. The third-order valence-electron chi connectivity index (χ3n) is 2.48. The standard InChI is InChI=1S/C14H12ClIO2/c1-9(17)10-2-7-14(13(15)8-10)18-12-5-3-11(16)4-6-12/h2-9,17H,1H3. The van der Waals surface area contributed by atoms with Gasteiger partial charge in [0.05, 0.1) is 11.1 Å². The zero-order chi connectivity index (χ0) is 13.1. The van der Waals surface area contributed by atoms with Crippen molar-refractivity contribution in [2.45, 2.75) is 13.0 Å². The Kier molecular flexibility index (Phi) is 4.48. The van der Waals surface area contributed by atoms with Crippen molar-refractivity contribution < 1.29 is 9.84 Å². The van der Waals surface area contributed by atoms with Crippen molar-refractivity contribution in [1.29, 1.82) is 0 Å². The van der Waals surface area contributed by atoms with Crippen LogP contribution in [-0.2, 0) is 0 Å². The predicted molar refractivity (Wildman–Crippen MR) is 81.3 cm³/mol. The maximum absolute atomic E-state index is 9.46. The minimum absolute atomic E-state index is 0.493. The summed E-state index contributed by atoms with van der Waals surface area (Å²) < 4.78 is 6.83. The predicted octanol–water partition coefficient (Wildman–Crippen LogP) is 4.79. The highest BCUT2D eigenvalue weighted by atomic mass is 127. The normalized spacial score (nSPS) is 12.2. The molecule has 0 bridgehead atoms. The summed E-state index contributed by atoms with van der Waals surface area (Å²) in [5, 5.41) is 9.95. The van der Waals surface area contributed by atoms with Crippen LogP contribution in [0.1, 0.15) is 18.6 Å². The second-order valence-corrected chi connectivity index (χ2v) is 5.57. The topological polar surface area (TPSA) is 29.5 Å². The molecule has 0 aliphatic rings. The highest BCUT2D eigenvalue weighted by molar-refractivity contribution is 14.1. The molecular weight excluding hydrogens is 363 g/mol. The molecule has 0 spiro atoms. The molecule has 2 aromatic carbocycles. The first-order valence-corrected chi connectivity index (χ1v) is 6.93. The van der Waals surface area contributed by atoms with E-state index < -0.39 is 6.10 Å². The zero-order valence-electron chi connectivity index (χ0n) is 9.73. The Morgan fingerprint density at radius 2 is 1.83 bits per heavy atom. The molecule has 1 unspecified atom stereocenters. The number of rotatable bonds is 3. The maximum Gasteiger partial charge on any atom is 0.146 e. The van der Waals surface area contributed by atoms with E-state index in [1.54, 1.807) is 25.1 Å². The molecule has 1 N–H and O–H groups in total. The Labute approximate surface area is 125 Å². The Balaban J connectivity index is 2.22. The first-order chi connectivity index (χ1) is 8.56. The number of aliphatic hydroxyl groups is 1. The summed E-state index contributed by atoms with van der Waals surface area (Å²) in [6.07, 6.45) is -0.533. The molecule has 0 aliphatic carbocycles. The molecule has 1 atom stereocenters. The minimum atomic E-state index is -0.533. The van der Waals surface area contributed by atoms with Crippen molar-refractivity contribution in [2.75, 3.05) is 0 Å². The molecule has 18 heavy (non-hydrogen) atoms. The first-order valence-electron chi connectivity index (χ1n) is 5.47. The molecule has 0 radical (unpaired) electrons. The molecule has 2 aromatic rings. The molecule has 0 amide bonds. The van der Waals surface area contributed by atoms with E-state index in [2.05, 4.69) is 22.6 Å². The molecule has 0 saturated carbocycles. The number of ether oxygens (including phenoxy) is 1. The fraction of sp³-hybridized carbons (Fsp3) is 0.143. The quantitative estimate of drug-likeness (QED) is 0.783. The summed E-state index contributed by atoms with van der Waals surface area (Å²) in [4.78, 5) is 0. The van der Waals surface area contributed by atoms with Crippen LogP contribution < -0.4 is 4.74 Å². The molecule has 0 saturated heterocycles. The third kappa shape index (κ3) is 3.37. The molecule has 2 rings (SSSR count). The molecule has 0 aliphatic heterocycles. The van der Waals surface area contributed by atoms with Crippen molar-refractivity contribution in [3.8, 4) is 11.5 Å². The Hall–Kier alpha value is -0.780. The summed E-state index contributed by atoms with van der Waals surface area (Å²) in [5.41, 5.74) is 0.773. The van der Waals surface area contributed by atoms with Crippen LogP contribution in [0.4, 0.5) is 0 Å². The van der Waals surface area contributed by atoms with Crippen LogP contribution >= 0.6 is 34.2 Å². The fourth-order valence-electron chi connectivity index (χ4n) is 1.49. The van der Waals surface area contributed by atoms with Gasteiger partial charge < -0.3 is 9.84 Å². The van der Waals surface area contributed by atoms with Gasteiger partial charge in [-0.1, -0.05) is 17.7 Å². The van der Waals surface area contributed by atoms with Gasteiger partial charge in [-0.25, -0.2) is 0 Å². The van der Waals surface area contributed by atoms with Crippen LogP contribution in [0.3, 0.4) is 0 Å². The number of hydrogen-bond acceptors (Lipinski definition) is 2. The number of hydrogen-bond donors (Lipinski definition) is 1. The lowest BCUT2D eigenvalue weighted by Gasteiger charge is -2.10. The highest BCUT2D eigenvalue weighted by Gasteiger charge is 2.07. The molecule has 0 aromatic heterocycles. The van der Waals surface area contributed by atoms with Crippen molar-refractivity contribution in [2.24, 2.45) is 0 Å². The van der Waals surface area contributed by atoms with E-state index in [1.165, 1.54) is 0 Å². The zero-order valence-corrected chi connectivity index (χ0v) is 12.6. The van der Waals surface area contributed by atoms with Crippen LogP contribution in [-0.4, -0.2) is 5.11 Å². The lowest BCUT2D eigenvalue weighted by Crippen LogP contribution is -1.92. The maximum atomic E-state index is 9.46. The Morgan fingerprint density at radius 3 is 2.39 bits per heavy atom. The smallest absolute Gasteiger partial charge is 0.146 e. The van der Waals surface area contributed by atoms with Crippen LogP contribution in [0.15, 0.2) is 42.5 Å². The van der Waals surface area contributed by atoms with E-state index in [1.807, 2.05) is 24.3 Å². The van der Waals surface area contributed by atoms with E-state index in [0.717, 1.165) is 14.9 Å². The first kappa shape index (κ1) is 13.6. The molecule has 0 heterocycles. The van der Waals surface area contributed by atoms with Gasteiger partial charge in [-0.3, -0.25) is 0 Å². The van der Waals surface area contributed by atoms with E-state index >= 15 is 0 Å². The van der Waals surface area contributed by atoms with Crippen molar-refractivity contribution in [3.05, 3.63) is 56.6 Å². The van der Waals surface area contributed by atoms with Crippen molar-refractivity contribution >= 4 is 34.2 Å². The van der Waals surface area contributed by atoms with Gasteiger partial charge in [0.25, 0.3) is 0 Å². The van der Waals surface area contributed by atoms with Gasteiger partial charge in [-0.15, -0.1) is 0 Å². The summed E-state index contributed by atoms with van der Waals surface area (Å²) in [5.74, 6) is 1.32. The van der Waals surface area contributed by atoms with E-state index in [9.17, 15) is 5.11 Å². The van der Waals surface area contributed by atoms with Gasteiger partial charge in [0.15, 0.2) is 0 Å². The average molecular weight is 375 g/mol. The highest BCUT2D eigenvalue weighted by Crippen LogP contribution is 2.31. The summed E-state index contributed by atoms with van der Waals surface area (Å²) >= 11 is 8.35. The van der Waals surface area contributed by atoms with E-state index in [4.69, 9.17) is 16.3 Å². The molecule has 2 nitrogen and oxygen atoms in total. The Morgan fingerprint density at radius 1 is 1.17 bits per heavy atom. The summed E-state index contributed by atoms with van der Waals surface area (Å²) in [7, 11) is 0. The SMILES string of the molecule is CC(O)c1ccc(Oc2ccc(I)cc2)c(Cl)c1. The lowest BCUT2D eigenvalue weighted by atomic mass is 10.1. The van der Waals surface area contributed by atoms with Gasteiger partial charge >= 0.3 is 0 Å². The summed E-state index contributed by atoms with van der Waals surface area (Å²) in [6, 6.07) is 13.0. The molecular formula is C14H12ClIO2. The number of benzene rings is 2. The molecule has 4 heteroatoms. The monoisotopic (exact) mass is 374 g/mol. The van der Waals surface area contributed by atoms with E-state index in [-0.39, 0.29) is 0 Å². The Bertz CT molecular complexity index is 538. The van der Waals surface area contributed by atoms with Crippen molar-refractivity contribution in [3.63, 3.8) is 0 Å². The van der Waals surface area contributed by atoms with Crippen LogP contribution in [0, 0.1) is 3.57 Å². The van der Waals surface area contributed by atoms with Gasteiger partial charge in [0.1, 0.15) is 11.5 Å². The second-order valence-electron chi connectivity index (χ2n) is 3.92. The fourth-order valence-corrected chi connectivity index (χ4v) is 2.08. The van der Waals surface area contributed by atoms with Gasteiger partial charge in [0.2, 0.25) is 0 Å². The van der Waals surface area contributed by atoms with Crippen molar-refractivity contribution in [1.82, 2.24) is 0 Å². The molecule has 94 valence electrons. The second kappa shape index (κ2) is 5.91. The van der Waals surface area contributed by atoms with Crippen LogP contribution in [0.25, 0.3) is 0 Å². The van der Waals surface area contributed by atoms with Crippen LogP contribution in [0.5, 0.6) is 11.5 Å². The lowest BCUT2D eigenvalue weighted by molar-refractivity contribution is 0.199. The van der Waals surface area contributed by atoms with Crippen LogP contribution in [0.2, 0.25) is 5.02 Å². The largest absolute Gasteiger partial charge is 0.456 e.